The maximum absolute atomic E-state index is 13.8. The summed E-state index contributed by atoms with van der Waals surface area (Å²) in [6.07, 6.45) is -1.94. The summed E-state index contributed by atoms with van der Waals surface area (Å²) in [5.74, 6) is -0.716. The Balaban J connectivity index is 1.36. The number of nitrogens with one attached hydrogen (secondary N) is 1. The predicted octanol–water partition coefficient (Wildman–Crippen LogP) is 6.11. The predicted molar refractivity (Wildman–Crippen MR) is 119 cm³/mol. The summed E-state index contributed by atoms with van der Waals surface area (Å²) < 4.78 is 47.1. The summed E-state index contributed by atoms with van der Waals surface area (Å²) in [6.45, 7) is -0.0211. The monoisotopic (exact) mass is 471 g/mol. The molecular weight excluding hydrogens is 447 g/mol. The van der Waals surface area contributed by atoms with Crippen molar-refractivity contribution in [3.63, 3.8) is 0 Å². The van der Waals surface area contributed by atoms with E-state index in [0.717, 1.165) is 41.1 Å². The number of hydrogen-bond donors (Lipinski definition) is 2. The lowest BCUT2D eigenvalue weighted by Crippen LogP contribution is -2.12. The summed E-state index contributed by atoms with van der Waals surface area (Å²) in [5, 5.41) is 10.1. The van der Waals surface area contributed by atoms with Crippen molar-refractivity contribution < 1.29 is 32.6 Å². The van der Waals surface area contributed by atoms with Gasteiger partial charge in [0, 0.05) is 35.4 Å². The molecule has 1 saturated carbocycles. The smallest absolute Gasteiger partial charge is 0.416 e. The molecule has 2 aliphatic carbocycles. The number of alkyl halides is 3. The molecule has 2 N–H and O–H groups in total. The molecule has 1 unspecified atom stereocenters. The van der Waals surface area contributed by atoms with E-state index in [4.69, 9.17) is 9.84 Å². The van der Waals surface area contributed by atoms with E-state index in [0.29, 0.717) is 24.2 Å². The summed E-state index contributed by atoms with van der Waals surface area (Å²) in [6, 6.07) is 9.70. The van der Waals surface area contributed by atoms with Gasteiger partial charge in [-0.15, -0.1) is 0 Å². The SMILES string of the molecule is O=C(O)C[C@@H]1CCc2c1[nH]c1ccc(OCc3ccc(C4CCC(=O)C4)c(C(F)(F)F)c3)cc21. The highest BCUT2D eigenvalue weighted by Gasteiger charge is 2.37. The van der Waals surface area contributed by atoms with Gasteiger partial charge in [-0.3, -0.25) is 9.59 Å². The Morgan fingerprint density at radius 1 is 1.12 bits per heavy atom. The van der Waals surface area contributed by atoms with Crippen LogP contribution in [-0.4, -0.2) is 21.8 Å². The number of carbonyl (C=O) groups is 2. The first kappa shape index (κ1) is 22.5. The molecule has 2 aliphatic rings. The molecule has 34 heavy (non-hydrogen) atoms. The first-order valence-corrected chi connectivity index (χ1v) is 11.4. The van der Waals surface area contributed by atoms with E-state index in [1.54, 1.807) is 12.1 Å². The number of aryl methyl sites for hydroxylation is 1. The van der Waals surface area contributed by atoms with Crippen LogP contribution >= 0.6 is 0 Å². The van der Waals surface area contributed by atoms with Gasteiger partial charge >= 0.3 is 12.1 Å². The maximum atomic E-state index is 13.8. The highest BCUT2D eigenvalue weighted by molar-refractivity contribution is 5.87. The molecule has 0 spiro atoms. The third kappa shape index (κ3) is 4.29. The van der Waals surface area contributed by atoms with Gasteiger partial charge in [-0.1, -0.05) is 12.1 Å². The van der Waals surface area contributed by atoms with Crippen molar-refractivity contribution in [3.8, 4) is 5.75 Å². The maximum Gasteiger partial charge on any atom is 0.416 e. The standard InChI is InChI=1S/C26H24F3NO4/c27-26(28,29)22-9-14(1-6-19(22)15-2-4-17(31)10-15)13-34-18-5-8-23-21(12-18)20-7-3-16(11-24(32)33)25(20)30-23/h1,5-6,8-9,12,15-16,30H,2-4,7,10-11,13H2,(H,32,33)/t15?,16-/m0/s1. The topological polar surface area (TPSA) is 79.4 Å². The summed E-state index contributed by atoms with van der Waals surface area (Å²) in [7, 11) is 0. The lowest BCUT2D eigenvalue weighted by Gasteiger charge is -2.18. The molecule has 178 valence electrons. The third-order valence-corrected chi connectivity index (χ3v) is 7.00. The number of carbonyl (C=O) groups excluding carboxylic acids is 1. The van der Waals surface area contributed by atoms with Crippen molar-refractivity contribution in [3.05, 3.63) is 64.3 Å². The molecule has 5 nitrogen and oxygen atoms in total. The number of H-pyrrole nitrogens is 1. The van der Waals surface area contributed by atoms with Crippen molar-refractivity contribution in [2.75, 3.05) is 0 Å². The van der Waals surface area contributed by atoms with Gasteiger partial charge in [-0.2, -0.15) is 13.2 Å². The number of rotatable bonds is 6. The van der Waals surface area contributed by atoms with Gasteiger partial charge in [0.2, 0.25) is 0 Å². The Morgan fingerprint density at radius 3 is 2.65 bits per heavy atom. The van der Waals surface area contributed by atoms with E-state index >= 15 is 0 Å². The van der Waals surface area contributed by atoms with Gasteiger partial charge in [0.05, 0.1) is 12.0 Å². The van der Waals surface area contributed by atoms with E-state index in [1.165, 1.54) is 6.07 Å². The van der Waals surface area contributed by atoms with Gasteiger partial charge in [0.25, 0.3) is 0 Å². The molecule has 2 atom stereocenters. The molecule has 2 aromatic carbocycles. The Morgan fingerprint density at radius 2 is 1.94 bits per heavy atom. The molecule has 1 fully saturated rings. The quantitative estimate of drug-likeness (QED) is 0.455. The lowest BCUT2D eigenvalue weighted by molar-refractivity contribution is -0.139. The Bertz CT molecular complexity index is 1280. The fourth-order valence-corrected chi connectivity index (χ4v) is 5.37. The molecule has 0 saturated heterocycles. The van der Waals surface area contributed by atoms with Gasteiger partial charge < -0.3 is 14.8 Å². The molecule has 1 heterocycles. The fourth-order valence-electron chi connectivity index (χ4n) is 5.37. The molecule has 3 aromatic rings. The Kier molecular flexibility index (Phi) is 5.62. The molecule has 0 radical (unpaired) electrons. The second kappa shape index (κ2) is 8.49. The molecule has 0 amide bonds. The number of fused-ring (bicyclic) bond motifs is 3. The highest BCUT2D eigenvalue weighted by atomic mass is 19.4. The number of aromatic amines is 1. The van der Waals surface area contributed by atoms with Crippen molar-refractivity contribution in [1.82, 2.24) is 4.98 Å². The van der Waals surface area contributed by atoms with Crippen molar-refractivity contribution in [2.24, 2.45) is 0 Å². The molecule has 8 heteroatoms. The minimum Gasteiger partial charge on any atom is -0.489 e. The second-order valence-electron chi connectivity index (χ2n) is 9.24. The number of hydrogen-bond acceptors (Lipinski definition) is 3. The van der Waals surface area contributed by atoms with E-state index in [1.807, 2.05) is 12.1 Å². The number of carboxylic acids is 1. The van der Waals surface area contributed by atoms with Crippen LogP contribution in [0.2, 0.25) is 0 Å². The van der Waals surface area contributed by atoms with Crippen LogP contribution in [-0.2, 0) is 28.8 Å². The summed E-state index contributed by atoms with van der Waals surface area (Å²) in [4.78, 5) is 26.0. The summed E-state index contributed by atoms with van der Waals surface area (Å²) >= 11 is 0. The highest BCUT2D eigenvalue weighted by Crippen LogP contribution is 2.42. The molecule has 5 rings (SSSR count). The van der Waals surface area contributed by atoms with Crippen LogP contribution in [0.4, 0.5) is 13.2 Å². The van der Waals surface area contributed by atoms with Crippen LogP contribution in [0.1, 0.15) is 71.9 Å². The number of carboxylic acid groups (broad SMARTS) is 1. The van der Waals surface area contributed by atoms with Crippen LogP contribution in [0.25, 0.3) is 10.9 Å². The van der Waals surface area contributed by atoms with E-state index in [2.05, 4.69) is 4.98 Å². The zero-order valence-electron chi connectivity index (χ0n) is 18.4. The Hall–Kier alpha value is -3.29. The van der Waals surface area contributed by atoms with Crippen molar-refractivity contribution in [1.29, 1.82) is 0 Å². The zero-order valence-corrected chi connectivity index (χ0v) is 18.4. The number of Topliss-reactive ketones (excluding diaryl/α,β-unsaturated/α-hetero) is 1. The molecule has 0 aliphatic heterocycles. The fraction of sp³-hybridized carbons (Fsp3) is 0.385. The molecule has 1 aromatic heterocycles. The zero-order chi connectivity index (χ0) is 24.0. The first-order chi connectivity index (χ1) is 16.2. The summed E-state index contributed by atoms with van der Waals surface area (Å²) in [5.41, 5.74) is 2.81. The number of benzene rings is 2. The number of aromatic nitrogens is 1. The van der Waals surface area contributed by atoms with E-state index in [-0.39, 0.29) is 42.6 Å². The molecular formula is C26H24F3NO4. The number of ketones is 1. The van der Waals surface area contributed by atoms with Crippen LogP contribution in [0.5, 0.6) is 5.75 Å². The molecule has 0 bridgehead atoms. The van der Waals surface area contributed by atoms with Gasteiger partial charge in [-0.25, -0.2) is 0 Å². The van der Waals surface area contributed by atoms with Crippen LogP contribution in [0.3, 0.4) is 0 Å². The lowest BCUT2D eigenvalue weighted by atomic mass is 9.91. The minimum atomic E-state index is -4.51. The minimum absolute atomic E-state index is 0.00597. The van der Waals surface area contributed by atoms with Crippen molar-refractivity contribution in [2.45, 2.75) is 63.1 Å². The largest absolute Gasteiger partial charge is 0.489 e. The average Bonchev–Trinajstić information content (AvgIpc) is 3.47. The van der Waals surface area contributed by atoms with Crippen LogP contribution < -0.4 is 4.74 Å². The number of ether oxygens (including phenoxy) is 1. The average molecular weight is 471 g/mol. The van der Waals surface area contributed by atoms with E-state index < -0.39 is 17.7 Å². The van der Waals surface area contributed by atoms with Gasteiger partial charge in [0.1, 0.15) is 18.1 Å². The van der Waals surface area contributed by atoms with Crippen molar-refractivity contribution >= 4 is 22.7 Å². The van der Waals surface area contributed by atoms with Crippen LogP contribution in [0, 0.1) is 0 Å². The normalized spacial score (nSPS) is 20.1. The van der Waals surface area contributed by atoms with Crippen LogP contribution in [0.15, 0.2) is 36.4 Å². The third-order valence-electron chi connectivity index (χ3n) is 7.00. The van der Waals surface area contributed by atoms with Gasteiger partial charge in [0.15, 0.2) is 0 Å². The first-order valence-electron chi connectivity index (χ1n) is 11.4. The second-order valence-corrected chi connectivity index (χ2v) is 9.24. The Labute approximate surface area is 193 Å². The number of halogens is 3. The van der Waals surface area contributed by atoms with E-state index in [9.17, 15) is 22.8 Å². The number of aliphatic carboxylic acids is 1. The van der Waals surface area contributed by atoms with Gasteiger partial charge in [-0.05, 0) is 66.1 Å².